The molecule has 2 aromatic rings. The lowest BCUT2D eigenvalue weighted by atomic mass is 9.81. The second-order valence-corrected chi connectivity index (χ2v) is 7.58. The van der Waals surface area contributed by atoms with Crippen LogP contribution in [0.25, 0.3) is 0 Å². The number of anilines is 1. The van der Waals surface area contributed by atoms with Crippen molar-refractivity contribution in [2.45, 2.75) is 45.1 Å². The van der Waals surface area contributed by atoms with Crippen LogP contribution in [0, 0.1) is 0 Å². The number of amides is 1. The first kappa shape index (κ1) is 20.3. The summed E-state index contributed by atoms with van der Waals surface area (Å²) >= 11 is 0. The van der Waals surface area contributed by atoms with Crippen molar-refractivity contribution in [1.29, 1.82) is 0 Å². The zero-order chi connectivity index (χ0) is 20.0. The van der Waals surface area contributed by atoms with E-state index in [1.54, 1.807) is 11.8 Å². The number of benzene rings is 2. The van der Waals surface area contributed by atoms with Gasteiger partial charge in [-0.1, -0.05) is 55.5 Å². The van der Waals surface area contributed by atoms with E-state index in [-0.39, 0.29) is 11.7 Å². The summed E-state index contributed by atoms with van der Waals surface area (Å²) < 4.78 is 0. The van der Waals surface area contributed by atoms with Gasteiger partial charge in [0.15, 0.2) is 5.78 Å². The molecular formula is C24H30N2O2. The summed E-state index contributed by atoms with van der Waals surface area (Å²) in [5.74, 6) is 0.0972. The van der Waals surface area contributed by atoms with Crippen LogP contribution in [-0.2, 0) is 16.0 Å². The summed E-state index contributed by atoms with van der Waals surface area (Å²) in [7, 11) is 0. The van der Waals surface area contributed by atoms with Gasteiger partial charge in [-0.3, -0.25) is 14.5 Å². The van der Waals surface area contributed by atoms with E-state index < -0.39 is 5.54 Å². The zero-order valence-corrected chi connectivity index (χ0v) is 16.9. The highest BCUT2D eigenvalue weighted by Crippen LogP contribution is 2.35. The normalized spacial score (nSPS) is 16.5. The fourth-order valence-electron chi connectivity index (χ4n) is 4.18. The molecule has 1 amide bonds. The molecule has 0 atom stereocenters. The van der Waals surface area contributed by atoms with Crippen molar-refractivity contribution in [3.05, 3.63) is 66.2 Å². The summed E-state index contributed by atoms with van der Waals surface area (Å²) in [6.07, 6.45) is 2.75. The molecule has 0 aromatic heterocycles. The molecule has 1 aliphatic heterocycles. The number of Topliss-reactive ketones (excluding diaryl/α,β-unsaturated/α-hetero) is 1. The average molecular weight is 379 g/mol. The number of piperidine rings is 1. The van der Waals surface area contributed by atoms with Gasteiger partial charge in [0.1, 0.15) is 5.54 Å². The minimum atomic E-state index is -0.738. The maximum atomic E-state index is 12.9. The molecule has 4 heteroatoms. The van der Waals surface area contributed by atoms with Crippen LogP contribution in [0.3, 0.4) is 0 Å². The van der Waals surface area contributed by atoms with Gasteiger partial charge in [0.05, 0.1) is 0 Å². The van der Waals surface area contributed by atoms with Crippen molar-refractivity contribution >= 4 is 17.4 Å². The molecule has 0 spiro atoms. The maximum Gasteiger partial charge on any atom is 0.227 e. The fourth-order valence-corrected chi connectivity index (χ4v) is 4.18. The van der Waals surface area contributed by atoms with Gasteiger partial charge in [0, 0.05) is 31.7 Å². The Morgan fingerprint density at radius 2 is 1.54 bits per heavy atom. The molecule has 3 rings (SSSR count). The molecule has 28 heavy (non-hydrogen) atoms. The van der Waals surface area contributed by atoms with E-state index in [0.717, 1.165) is 31.7 Å². The number of hydrogen-bond donors (Lipinski definition) is 0. The predicted molar refractivity (Wildman–Crippen MR) is 113 cm³/mol. The molecule has 4 nitrogen and oxygen atoms in total. The Hall–Kier alpha value is -2.46. The summed E-state index contributed by atoms with van der Waals surface area (Å²) in [5.41, 5.74) is 1.41. The standard InChI is InChI=1S/C24H30N2O2/c1-3-23(28)26(22-12-8-5-9-13-22)24(20(2)27)15-18-25(19-16-24)17-14-21-10-6-4-7-11-21/h4-13H,3,14-19H2,1-2H3. The van der Waals surface area contributed by atoms with Gasteiger partial charge in [-0.25, -0.2) is 0 Å². The van der Waals surface area contributed by atoms with Crippen LogP contribution in [0.15, 0.2) is 60.7 Å². The quantitative estimate of drug-likeness (QED) is 0.728. The Kier molecular flexibility index (Phi) is 6.63. The lowest BCUT2D eigenvalue weighted by Gasteiger charge is -2.47. The average Bonchev–Trinajstić information content (AvgIpc) is 2.74. The third-order valence-corrected chi connectivity index (χ3v) is 5.89. The van der Waals surface area contributed by atoms with Gasteiger partial charge in [0.25, 0.3) is 0 Å². The first-order valence-corrected chi connectivity index (χ1v) is 10.2. The first-order valence-electron chi connectivity index (χ1n) is 10.2. The second-order valence-electron chi connectivity index (χ2n) is 7.58. The van der Waals surface area contributed by atoms with Gasteiger partial charge < -0.3 is 4.90 Å². The van der Waals surface area contributed by atoms with E-state index in [9.17, 15) is 9.59 Å². The number of hydrogen-bond acceptors (Lipinski definition) is 3. The molecule has 1 heterocycles. The maximum absolute atomic E-state index is 12.9. The number of nitrogens with zero attached hydrogens (tertiary/aromatic N) is 2. The fraction of sp³-hybridized carbons (Fsp3) is 0.417. The lowest BCUT2D eigenvalue weighted by molar-refractivity contribution is -0.129. The largest absolute Gasteiger partial charge is 0.303 e. The Bertz CT molecular complexity index is 781. The highest BCUT2D eigenvalue weighted by Gasteiger charge is 2.46. The van der Waals surface area contributed by atoms with Crippen molar-refractivity contribution in [1.82, 2.24) is 4.90 Å². The molecule has 1 aliphatic rings. The highest BCUT2D eigenvalue weighted by molar-refractivity contribution is 6.03. The van der Waals surface area contributed by atoms with E-state index in [0.29, 0.717) is 19.3 Å². The number of carbonyl (C=O) groups excluding carboxylic acids is 2. The molecule has 148 valence electrons. The van der Waals surface area contributed by atoms with Crippen molar-refractivity contribution in [2.24, 2.45) is 0 Å². The number of carbonyl (C=O) groups is 2. The van der Waals surface area contributed by atoms with E-state index in [2.05, 4.69) is 29.2 Å². The number of ketones is 1. The van der Waals surface area contributed by atoms with Crippen molar-refractivity contribution < 1.29 is 9.59 Å². The Morgan fingerprint density at radius 3 is 2.07 bits per heavy atom. The summed E-state index contributed by atoms with van der Waals surface area (Å²) in [6, 6.07) is 20.1. The number of para-hydroxylation sites is 1. The first-order chi connectivity index (χ1) is 13.6. The minimum Gasteiger partial charge on any atom is -0.303 e. The van der Waals surface area contributed by atoms with Gasteiger partial charge in [0.2, 0.25) is 5.91 Å². The SMILES string of the molecule is CCC(=O)N(c1ccccc1)C1(C(C)=O)CCN(CCc2ccccc2)CC1. The molecule has 0 saturated carbocycles. The Morgan fingerprint density at radius 1 is 0.964 bits per heavy atom. The second kappa shape index (κ2) is 9.16. The summed E-state index contributed by atoms with van der Waals surface area (Å²) in [6.45, 7) is 6.13. The van der Waals surface area contributed by atoms with Crippen molar-refractivity contribution in [3.8, 4) is 0 Å². The smallest absolute Gasteiger partial charge is 0.227 e. The molecule has 2 aromatic carbocycles. The van der Waals surface area contributed by atoms with Gasteiger partial charge >= 0.3 is 0 Å². The van der Waals surface area contributed by atoms with Crippen LogP contribution in [0.1, 0.15) is 38.7 Å². The third-order valence-electron chi connectivity index (χ3n) is 5.89. The van der Waals surface area contributed by atoms with Crippen LogP contribution in [0.2, 0.25) is 0 Å². The molecule has 0 radical (unpaired) electrons. The number of likely N-dealkylation sites (tertiary alicyclic amines) is 1. The zero-order valence-electron chi connectivity index (χ0n) is 16.9. The van der Waals surface area contributed by atoms with Gasteiger partial charge in [-0.2, -0.15) is 0 Å². The molecule has 0 bridgehead atoms. The van der Waals surface area contributed by atoms with Crippen LogP contribution in [-0.4, -0.2) is 41.8 Å². The topological polar surface area (TPSA) is 40.6 Å². The predicted octanol–water partition coefficient (Wildman–Crippen LogP) is 4.10. The van der Waals surface area contributed by atoms with Gasteiger partial charge in [-0.15, -0.1) is 0 Å². The summed E-state index contributed by atoms with van der Waals surface area (Å²) in [4.78, 5) is 29.9. The monoisotopic (exact) mass is 378 g/mol. The van der Waals surface area contributed by atoms with Crippen LogP contribution >= 0.6 is 0 Å². The van der Waals surface area contributed by atoms with E-state index >= 15 is 0 Å². The van der Waals surface area contributed by atoms with E-state index in [1.807, 2.05) is 43.3 Å². The van der Waals surface area contributed by atoms with Crippen LogP contribution in [0.5, 0.6) is 0 Å². The van der Waals surface area contributed by atoms with Gasteiger partial charge in [-0.05, 0) is 43.9 Å². The molecule has 1 fully saturated rings. The van der Waals surface area contributed by atoms with E-state index in [1.165, 1.54) is 5.56 Å². The van der Waals surface area contributed by atoms with Crippen molar-refractivity contribution in [2.75, 3.05) is 24.5 Å². The Balaban J connectivity index is 1.75. The summed E-state index contributed by atoms with van der Waals surface area (Å²) in [5, 5.41) is 0. The Labute approximate surface area is 168 Å². The minimum absolute atomic E-state index is 0.0131. The van der Waals surface area contributed by atoms with Crippen LogP contribution in [0.4, 0.5) is 5.69 Å². The van der Waals surface area contributed by atoms with Crippen LogP contribution < -0.4 is 4.90 Å². The molecule has 0 aliphatic carbocycles. The van der Waals surface area contributed by atoms with E-state index in [4.69, 9.17) is 0 Å². The molecule has 0 N–H and O–H groups in total. The molecule has 0 unspecified atom stereocenters. The van der Waals surface area contributed by atoms with Crippen molar-refractivity contribution in [3.63, 3.8) is 0 Å². The lowest BCUT2D eigenvalue weighted by Crippen LogP contribution is -2.61. The third kappa shape index (κ3) is 4.33. The molecular weight excluding hydrogens is 348 g/mol. The number of rotatable bonds is 7. The molecule has 1 saturated heterocycles. The highest BCUT2D eigenvalue weighted by atomic mass is 16.2.